The Balaban J connectivity index is 2.43. The van der Waals surface area contributed by atoms with Gasteiger partial charge in [0, 0.05) is 19.3 Å². The molecule has 2 heterocycles. The summed E-state index contributed by atoms with van der Waals surface area (Å²) < 4.78 is 1.92. The number of hydrogen-bond donors (Lipinski definition) is 0. The Bertz CT molecular complexity index is 615. The lowest BCUT2D eigenvalue weighted by molar-refractivity contribution is 0.0754. The van der Waals surface area contributed by atoms with Crippen LogP contribution >= 0.6 is 0 Å². The number of aryl methyl sites for hydroxylation is 2. The number of nitrogens with zero attached hydrogens (tertiary/aromatic N) is 3. The van der Waals surface area contributed by atoms with Crippen LogP contribution in [0.2, 0.25) is 0 Å². The van der Waals surface area contributed by atoms with Crippen molar-refractivity contribution in [2.75, 3.05) is 13.1 Å². The number of carbonyl (C=O) groups is 1. The minimum Gasteiger partial charge on any atom is -0.338 e. The third-order valence-corrected chi connectivity index (χ3v) is 3.67. The van der Waals surface area contributed by atoms with Gasteiger partial charge >= 0.3 is 0 Å². The Labute approximate surface area is 120 Å². The number of amides is 1. The van der Waals surface area contributed by atoms with Crippen LogP contribution in [0.15, 0.2) is 18.3 Å². The van der Waals surface area contributed by atoms with E-state index in [0.717, 1.165) is 42.8 Å². The molecule has 20 heavy (non-hydrogen) atoms. The summed E-state index contributed by atoms with van der Waals surface area (Å²) in [5.41, 5.74) is 3.46. The topological polar surface area (TPSA) is 37.6 Å². The number of rotatable bonds is 5. The second kappa shape index (κ2) is 6.07. The number of unbranched alkanes of at least 4 members (excludes halogenated alkanes) is 1. The van der Waals surface area contributed by atoms with Gasteiger partial charge in [0.05, 0.1) is 5.69 Å². The number of imidazole rings is 1. The maximum atomic E-state index is 12.8. The summed E-state index contributed by atoms with van der Waals surface area (Å²) in [6, 6.07) is 3.98. The first-order chi connectivity index (χ1) is 9.60. The highest BCUT2D eigenvalue weighted by Crippen LogP contribution is 2.17. The molecule has 0 aliphatic heterocycles. The molecule has 0 spiro atoms. The molecule has 2 aromatic rings. The minimum absolute atomic E-state index is 0.0801. The van der Waals surface area contributed by atoms with Gasteiger partial charge in [-0.25, -0.2) is 4.98 Å². The second-order valence-electron chi connectivity index (χ2n) is 5.17. The Morgan fingerprint density at radius 1 is 1.35 bits per heavy atom. The van der Waals surface area contributed by atoms with Gasteiger partial charge in [0.25, 0.3) is 5.91 Å². The van der Waals surface area contributed by atoms with Crippen molar-refractivity contribution >= 4 is 11.6 Å². The molecule has 0 bridgehead atoms. The molecular formula is C16H23N3O. The fraction of sp³-hybridized carbons (Fsp3) is 0.500. The van der Waals surface area contributed by atoms with E-state index in [0.29, 0.717) is 5.69 Å². The summed E-state index contributed by atoms with van der Waals surface area (Å²) in [6.07, 6.45) is 4.05. The van der Waals surface area contributed by atoms with Crippen molar-refractivity contribution in [1.29, 1.82) is 0 Å². The van der Waals surface area contributed by atoms with E-state index in [4.69, 9.17) is 0 Å². The van der Waals surface area contributed by atoms with Crippen molar-refractivity contribution in [3.05, 3.63) is 35.3 Å². The summed E-state index contributed by atoms with van der Waals surface area (Å²) in [5.74, 6) is 0.0801. The van der Waals surface area contributed by atoms with E-state index in [1.54, 1.807) is 0 Å². The normalized spacial score (nSPS) is 11.0. The van der Waals surface area contributed by atoms with E-state index in [1.807, 2.05) is 48.4 Å². The van der Waals surface area contributed by atoms with Crippen LogP contribution in [-0.4, -0.2) is 33.3 Å². The molecule has 2 rings (SSSR count). The third kappa shape index (κ3) is 2.55. The van der Waals surface area contributed by atoms with Crippen molar-refractivity contribution < 1.29 is 4.79 Å². The molecule has 2 aromatic heterocycles. The SMILES string of the molecule is CCCCN(CC)C(=O)c1c(C)nc2c(C)cccn12. The molecule has 0 aromatic carbocycles. The summed E-state index contributed by atoms with van der Waals surface area (Å²) in [7, 11) is 0. The average Bonchev–Trinajstić information content (AvgIpc) is 2.77. The van der Waals surface area contributed by atoms with Crippen molar-refractivity contribution in [2.45, 2.75) is 40.5 Å². The molecular weight excluding hydrogens is 250 g/mol. The van der Waals surface area contributed by atoms with Crippen LogP contribution in [0.3, 0.4) is 0 Å². The Kier molecular flexibility index (Phi) is 4.42. The van der Waals surface area contributed by atoms with Crippen LogP contribution in [-0.2, 0) is 0 Å². The molecule has 0 unspecified atom stereocenters. The minimum atomic E-state index is 0.0801. The number of carbonyl (C=O) groups excluding carboxylic acids is 1. The maximum Gasteiger partial charge on any atom is 0.272 e. The fourth-order valence-electron chi connectivity index (χ4n) is 2.48. The molecule has 4 heteroatoms. The van der Waals surface area contributed by atoms with Gasteiger partial charge in [-0.15, -0.1) is 0 Å². The third-order valence-electron chi connectivity index (χ3n) is 3.67. The van der Waals surface area contributed by atoms with E-state index in [-0.39, 0.29) is 5.91 Å². The van der Waals surface area contributed by atoms with E-state index in [9.17, 15) is 4.79 Å². The molecule has 0 saturated carbocycles. The lowest BCUT2D eigenvalue weighted by Crippen LogP contribution is -2.33. The first-order valence-electron chi connectivity index (χ1n) is 7.33. The van der Waals surface area contributed by atoms with Crippen LogP contribution in [0.1, 0.15) is 48.4 Å². The van der Waals surface area contributed by atoms with Gasteiger partial charge < -0.3 is 4.90 Å². The fourth-order valence-corrected chi connectivity index (χ4v) is 2.48. The standard InChI is InChI=1S/C16H23N3O/c1-5-7-10-18(6-2)16(20)14-13(4)17-15-12(3)9-8-11-19(14)15/h8-9,11H,5-7,10H2,1-4H3. The molecule has 0 aliphatic rings. The smallest absolute Gasteiger partial charge is 0.272 e. The Morgan fingerprint density at radius 2 is 2.10 bits per heavy atom. The van der Waals surface area contributed by atoms with Crippen LogP contribution in [0.5, 0.6) is 0 Å². The van der Waals surface area contributed by atoms with E-state index in [1.165, 1.54) is 0 Å². The van der Waals surface area contributed by atoms with Crippen molar-refractivity contribution in [1.82, 2.24) is 14.3 Å². The summed E-state index contributed by atoms with van der Waals surface area (Å²) in [6.45, 7) is 9.64. The summed E-state index contributed by atoms with van der Waals surface area (Å²) >= 11 is 0. The van der Waals surface area contributed by atoms with Crippen LogP contribution in [0, 0.1) is 13.8 Å². The Morgan fingerprint density at radius 3 is 2.75 bits per heavy atom. The molecule has 0 N–H and O–H groups in total. The molecule has 0 fully saturated rings. The van der Waals surface area contributed by atoms with E-state index >= 15 is 0 Å². The number of hydrogen-bond acceptors (Lipinski definition) is 2. The van der Waals surface area contributed by atoms with Gasteiger partial charge in [-0.05, 0) is 38.8 Å². The number of pyridine rings is 1. The van der Waals surface area contributed by atoms with Crippen molar-refractivity contribution in [3.63, 3.8) is 0 Å². The largest absolute Gasteiger partial charge is 0.338 e. The van der Waals surface area contributed by atoms with Crippen molar-refractivity contribution in [3.8, 4) is 0 Å². The molecule has 1 amide bonds. The molecule has 0 radical (unpaired) electrons. The molecule has 0 saturated heterocycles. The number of fused-ring (bicyclic) bond motifs is 1. The Hall–Kier alpha value is -1.84. The quantitative estimate of drug-likeness (QED) is 0.839. The number of aromatic nitrogens is 2. The molecule has 0 atom stereocenters. The van der Waals surface area contributed by atoms with Gasteiger partial charge in [-0.3, -0.25) is 9.20 Å². The van der Waals surface area contributed by atoms with Crippen LogP contribution in [0.25, 0.3) is 5.65 Å². The van der Waals surface area contributed by atoms with E-state index in [2.05, 4.69) is 11.9 Å². The molecule has 4 nitrogen and oxygen atoms in total. The highest BCUT2D eigenvalue weighted by Gasteiger charge is 2.21. The predicted molar refractivity (Wildman–Crippen MR) is 81.2 cm³/mol. The zero-order valence-electron chi connectivity index (χ0n) is 12.8. The lowest BCUT2D eigenvalue weighted by Gasteiger charge is -2.20. The highest BCUT2D eigenvalue weighted by atomic mass is 16.2. The van der Waals surface area contributed by atoms with Gasteiger partial charge in [0.1, 0.15) is 11.3 Å². The van der Waals surface area contributed by atoms with Crippen molar-refractivity contribution in [2.24, 2.45) is 0 Å². The zero-order valence-corrected chi connectivity index (χ0v) is 12.8. The zero-order chi connectivity index (χ0) is 14.7. The van der Waals surface area contributed by atoms with E-state index < -0.39 is 0 Å². The van der Waals surface area contributed by atoms with Gasteiger partial charge in [0.2, 0.25) is 0 Å². The first kappa shape index (κ1) is 14.6. The van der Waals surface area contributed by atoms with Gasteiger partial charge in [-0.1, -0.05) is 19.4 Å². The first-order valence-corrected chi connectivity index (χ1v) is 7.33. The summed E-state index contributed by atoms with van der Waals surface area (Å²) in [5, 5.41) is 0. The summed E-state index contributed by atoms with van der Waals surface area (Å²) in [4.78, 5) is 19.2. The van der Waals surface area contributed by atoms with Crippen LogP contribution < -0.4 is 0 Å². The monoisotopic (exact) mass is 273 g/mol. The predicted octanol–water partition coefficient (Wildman–Crippen LogP) is 3.21. The van der Waals surface area contributed by atoms with Crippen LogP contribution in [0.4, 0.5) is 0 Å². The second-order valence-corrected chi connectivity index (χ2v) is 5.17. The molecule has 108 valence electrons. The highest BCUT2D eigenvalue weighted by molar-refractivity contribution is 5.94. The van der Waals surface area contributed by atoms with Gasteiger partial charge in [-0.2, -0.15) is 0 Å². The molecule has 0 aliphatic carbocycles. The maximum absolute atomic E-state index is 12.8. The average molecular weight is 273 g/mol. The lowest BCUT2D eigenvalue weighted by atomic mass is 10.2. The van der Waals surface area contributed by atoms with Gasteiger partial charge in [0.15, 0.2) is 0 Å².